The van der Waals surface area contributed by atoms with Crippen molar-refractivity contribution < 1.29 is 4.79 Å². The second-order valence-corrected chi connectivity index (χ2v) is 4.25. The monoisotopic (exact) mass is 284 g/mol. The van der Waals surface area contributed by atoms with Gasteiger partial charge in [-0.05, 0) is 18.2 Å². The molecule has 0 atom stereocenters. The Hall–Kier alpha value is -1.13. The largest absolute Gasteiger partial charge is 0.336 e. The van der Waals surface area contributed by atoms with Gasteiger partial charge in [0.05, 0.1) is 16.9 Å². The van der Waals surface area contributed by atoms with Gasteiger partial charge in [0, 0.05) is 10.0 Å². The van der Waals surface area contributed by atoms with Gasteiger partial charge in [-0.1, -0.05) is 27.5 Å². The molecule has 2 rings (SSSR count). The summed E-state index contributed by atoms with van der Waals surface area (Å²) in [6, 6.07) is 5.48. The highest BCUT2D eigenvalue weighted by molar-refractivity contribution is 9.10. The third-order valence-electron chi connectivity index (χ3n) is 1.91. The third kappa shape index (κ3) is 2.11. The molecule has 0 amide bonds. The topological polar surface area (TPSA) is 45.8 Å². The first kappa shape index (κ1) is 10.4. The quantitative estimate of drug-likeness (QED) is 0.861. The number of halogens is 2. The molecule has 0 saturated heterocycles. The molecule has 0 spiro atoms. The lowest BCUT2D eigenvalue weighted by molar-refractivity contribution is 0.111. The van der Waals surface area contributed by atoms with Crippen LogP contribution in [-0.4, -0.2) is 16.3 Å². The summed E-state index contributed by atoms with van der Waals surface area (Å²) >= 11 is 9.35. The number of hydrogen-bond donors (Lipinski definition) is 1. The molecule has 0 fully saturated rings. The van der Waals surface area contributed by atoms with E-state index in [2.05, 4.69) is 25.9 Å². The first-order valence-electron chi connectivity index (χ1n) is 4.16. The Balaban J connectivity index is 2.49. The summed E-state index contributed by atoms with van der Waals surface area (Å²) in [5, 5.41) is 0.580. The predicted octanol–water partition coefficient (Wildman–Crippen LogP) is 3.31. The number of H-pyrrole nitrogens is 1. The van der Waals surface area contributed by atoms with Crippen LogP contribution < -0.4 is 0 Å². The molecule has 0 aliphatic carbocycles. The molecular formula is C10H6BrClN2O. The lowest BCUT2D eigenvalue weighted by Crippen LogP contribution is -1.83. The number of benzene rings is 1. The molecule has 3 nitrogen and oxygen atoms in total. The molecule has 0 bridgehead atoms. The molecule has 0 aliphatic rings. The minimum absolute atomic E-state index is 0.434. The summed E-state index contributed by atoms with van der Waals surface area (Å²) in [4.78, 5) is 17.4. The maximum Gasteiger partial charge on any atom is 0.167 e. The normalized spacial score (nSPS) is 10.3. The summed E-state index contributed by atoms with van der Waals surface area (Å²) in [6.45, 7) is 0. The van der Waals surface area contributed by atoms with Crippen LogP contribution in [0.1, 0.15) is 10.5 Å². The van der Waals surface area contributed by atoms with Gasteiger partial charge < -0.3 is 4.98 Å². The molecule has 2 aromatic rings. The Morgan fingerprint density at radius 2 is 2.27 bits per heavy atom. The van der Waals surface area contributed by atoms with Crippen LogP contribution in [0.2, 0.25) is 5.02 Å². The van der Waals surface area contributed by atoms with Crippen LogP contribution in [0.5, 0.6) is 0 Å². The van der Waals surface area contributed by atoms with Crippen molar-refractivity contribution in [1.29, 1.82) is 0 Å². The van der Waals surface area contributed by atoms with Crippen LogP contribution in [0.3, 0.4) is 0 Å². The first-order valence-corrected chi connectivity index (χ1v) is 5.33. The lowest BCUT2D eigenvalue weighted by atomic mass is 10.2. The lowest BCUT2D eigenvalue weighted by Gasteiger charge is -2.00. The number of carbonyl (C=O) groups is 1. The van der Waals surface area contributed by atoms with Gasteiger partial charge in [0.2, 0.25) is 0 Å². The highest BCUT2D eigenvalue weighted by Gasteiger charge is 2.07. The van der Waals surface area contributed by atoms with E-state index >= 15 is 0 Å². The van der Waals surface area contributed by atoms with Crippen LogP contribution in [0, 0.1) is 0 Å². The van der Waals surface area contributed by atoms with Crippen molar-refractivity contribution in [1.82, 2.24) is 9.97 Å². The second-order valence-electron chi connectivity index (χ2n) is 2.93. The number of hydrogen-bond acceptors (Lipinski definition) is 2. The zero-order valence-corrected chi connectivity index (χ0v) is 9.84. The Labute approximate surface area is 99.6 Å². The van der Waals surface area contributed by atoms with Gasteiger partial charge in [-0.2, -0.15) is 0 Å². The SMILES string of the molecule is O=Cc1cnc(-c2ccc(Br)cc2Cl)[nH]1. The van der Waals surface area contributed by atoms with Crippen molar-refractivity contribution in [3.63, 3.8) is 0 Å². The molecule has 1 aromatic heterocycles. The van der Waals surface area contributed by atoms with Crippen LogP contribution in [0.25, 0.3) is 11.4 Å². The molecule has 15 heavy (non-hydrogen) atoms. The van der Waals surface area contributed by atoms with E-state index in [1.165, 1.54) is 6.20 Å². The molecule has 0 unspecified atom stereocenters. The van der Waals surface area contributed by atoms with Crippen molar-refractivity contribution in [2.75, 3.05) is 0 Å². The van der Waals surface area contributed by atoms with Crippen LogP contribution in [0.4, 0.5) is 0 Å². The van der Waals surface area contributed by atoms with Gasteiger partial charge in [0.25, 0.3) is 0 Å². The smallest absolute Gasteiger partial charge is 0.167 e. The maximum absolute atomic E-state index is 10.5. The summed E-state index contributed by atoms with van der Waals surface area (Å²) in [6.07, 6.45) is 2.18. The average Bonchev–Trinajstić information content (AvgIpc) is 2.66. The number of aldehydes is 1. The number of aromatic amines is 1. The fraction of sp³-hybridized carbons (Fsp3) is 0. The fourth-order valence-electron chi connectivity index (χ4n) is 1.21. The molecule has 1 aromatic carbocycles. The van der Waals surface area contributed by atoms with E-state index in [0.717, 1.165) is 10.0 Å². The van der Waals surface area contributed by atoms with Crippen LogP contribution in [-0.2, 0) is 0 Å². The standard InChI is InChI=1S/C10H6BrClN2O/c11-6-1-2-8(9(12)3-6)10-13-4-7(5-15)14-10/h1-5H,(H,13,14). The Bertz CT molecular complexity index is 510. The van der Waals surface area contributed by atoms with Crippen molar-refractivity contribution >= 4 is 33.8 Å². The van der Waals surface area contributed by atoms with Gasteiger partial charge in [-0.25, -0.2) is 4.98 Å². The number of imidazole rings is 1. The highest BCUT2D eigenvalue weighted by atomic mass is 79.9. The van der Waals surface area contributed by atoms with Gasteiger partial charge in [0.1, 0.15) is 5.82 Å². The van der Waals surface area contributed by atoms with Crippen LogP contribution >= 0.6 is 27.5 Å². The van der Waals surface area contributed by atoms with Crippen molar-refractivity contribution in [2.45, 2.75) is 0 Å². The molecule has 5 heteroatoms. The van der Waals surface area contributed by atoms with E-state index in [4.69, 9.17) is 11.6 Å². The summed E-state index contributed by atoms with van der Waals surface area (Å²) in [5.74, 6) is 0.592. The Morgan fingerprint density at radius 3 is 2.87 bits per heavy atom. The summed E-state index contributed by atoms with van der Waals surface area (Å²) in [7, 11) is 0. The number of rotatable bonds is 2. The number of nitrogens with zero attached hydrogens (tertiary/aromatic N) is 1. The Kier molecular flexibility index (Phi) is 2.88. The van der Waals surface area contributed by atoms with E-state index in [1.807, 2.05) is 12.1 Å². The van der Waals surface area contributed by atoms with Gasteiger partial charge in [-0.3, -0.25) is 4.79 Å². The molecule has 1 N–H and O–H groups in total. The zero-order chi connectivity index (χ0) is 10.8. The second kappa shape index (κ2) is 4.16. The number of carbonyl (C=O) groups excluding carboxylic acids is 1. The summed E-state index contributed by atoms with van der Waals surface area (Å²) < 4.78 is 0.901. The van der Waals surface area contributed by atoms with Gasteiger partial charge in [-0.15, -0.1) is 0 Å². The van der Waals surface area contributed by atoms with E-state index in [0.29, 0.717) is 22.8 Å². The molecule has 76 valence electrons. The van der Waals surface area contributed by atoms with Gasteiger partial charge in [0.15, 0.2) is 6.29 Å². The van der Waals surface area contributed by atoms with Gasteiger partial charge >= 0.3 is 0 Å². The van der Waals surface area contributed by atoms with E-state index in [1.54, 1.807) is 6.07 Å². The van der Waals surface area contributed by atoms with Crippen molar-refractivity contribution in [2.24, 2.45) is 0 Å². The minimum Gasteiger partial charge on any atom is -0.336 e. The summed E-state index contributed by atoms with van der Waals surface area (Å²) in [5.41, 5.74) is 1.21. The van der Waals surface area contributed by atoms with Crippen molar-refractivity contribution in [3.05, 3.63) is 39.6 Å². The molecular weight excluding hydrogens is 279 g/mol. The molecule has 0 saturated carbocycles. The number of aromatic nitrogens is 2. The Morgan fingerprint density at radius 1 is 1.47 bits per heavy atom. The van der Waals surface area contributed by atoms with Crippen LogP contribution in [0.15, 0.2) is 28.9 Å². The highest BCUT2D eigenvalue weighted by Crippen LogP contribution is 2.28. The molecule has 0 radical (unpaired) electrons. The maximum atomic E-state index is 10.5. The number of nitrogens with one attached hydrogen (secondary N) is 1. The van der Waals surface area contributed by atoms with E-state index < -0.39 is 0 Å². The van der Waals surface area contributed by atoms with E-state index in [9.17, 15) is 4.79 Å². The fourth-order valence-corrected chi connectivity index (χ4v) is 1.98. The third-order valence-corrected chi connectivity index (χ3v) is 2.71. The predicted molar refractivity (Wildman–Crippen MR) is 62.1 cm³/mol. The zero-order valence-electron chi connectivity index (χ0n) is 7.50. The molecule has 0 aliphatic heterocycles. The van der Waals surface area contributed by atoms with E-state index in [-0.39, 0.29) is 0 Å². The average molecular weight is 286 g/mol. The molecule has 1 heterocycles. The van der Waals surface area contributed by atoms with Crippen molar-refractivity contribution in [3.8, 4) is 11.4 Å². The minimum atomic E-state index is 0.434. The first-order chi connectivity index (χ1) is 7.20.